The molecule has 156 valence electrons. The first-order valence-corrected chi connectivity index (χ1v) is 8.11. The van der Waals surface area contributed by atoms with Crippen molar-refractivity contribution in [2.24, 2.45) is 17.3 Å². The fraction of sp³-hybridized carbons (Fsp3) is 0.471. The summed E-state index contributed by atoms with van der Waals surface area (Å²) in [4.78, 5) is 12.1. The molecule has 2 atom stereocenters. The molecule has 2 nitrogen and oxygen atoms in total. The highest BCUT2D eigenvalue weighted by Crippen LogP contribution is 2.60. The number of carbonyl (C=O) groups excluding carboxylic acids is 1. The molecule has 0 heterocycles. The average Bonchev–Trinajstić information content (AvgIpc) is 3.04. The van der Waals surface area contributed by atoms with Crippen molar-refractivity contribution < 1.29 is 44.7 Å². The van der Waals surface area contributed by atoms with Crippen molar-refractivity contribution in [3.05, 3.63) is 46.0 Å². The van der Waals surface area contributed by atoms with Gasteiger partial charge in [0, 0.05) is 5.56 Å². The maximum Gasteiger partial charge on any atom is 0.426 e. The SMILES string of the molecule is CC1(C)C(/C=C(/Cl)C(F)(F)F)C1C(=O)OCc1ccc(F)c(C(F)(F)F)c1F. The lowest BCUT2D eigenvalue weighted by atomic mass is 10.1. The first-order chi connectivity index (χ1) is 12.6. The number of alkyl halides is 6. The Kier molecular flexibility index (Phi) is 5.77. The summed E-state index contributed by atoms with van der Waals surface area (Å²) in [6, 6.07) is 1.06. The highest BCUT2D eigenvalue weighted by Gasteiger charge is 2.62. The van der Waals surface area contributed by atoms with Crippen LogP contribution in [0.25, 0.3) is 0 Å². The summed E-state index contributed by atoms with van der Waals surface area (Å²) in [5.41, 5.74) is -3.78. The zero-order valence-electron chi connectivity index (χ0n) is 14.3. The minimum absolute atomic E-state index is 0.380. The van der Waals surface area contributed by atoms with E-state index in [0.29, 0.717) is 18.2 Å². The molecule has 1 aromatic carbocycles. The van der Waals surface area contributed by atoms with Gasteiger partial charge < -0.3 is 4.74 Å². The largest absolute Gasteiger partial charge is 0.460 e. The second-order valence-electron chi connectivity index (χ2n) is 6.84. The minimum atomic E-state index is -5.29. The van der Waals surface area contributed by atoms with Gasteiger partial charge in [0.2, 0.25) is 0 Å². The quantitative estimate of drug-likeness (QED) is 0.428. The number of halogens is 9. The standard InChI is InChI=1S/C17H13ClF8O2/c1-15(2)8(5-10(18)16(21,22)23)11(15)14(27)28-6-7-3-4-9(19)12(13(7)20)17(24,25)26/h3-5,8,11H,6H2,1-2H3/b10-5+. The number of hydrogen-bond donors (Lipinski definition) is 0. The van der Waals surface area contributed by atoms with Crippen molar-refractivity contribution in [3.8, 4) is 0 Å². The first-order valence-electron chi connectivity index (χ1n) is 7.73. The highest BCUT2D eigenvalue weighted by atomic mass is 35.5. The normalized spacial score (nSPS) is 22.2. The Morgan fingerprint density at radius 2 is 1.75 bits per heavy atom. The van der Waals surface area contributed by atoms with E-state index in [1.807, 2.05) is 0 Å². The van der Waals surface area contributed by atoms with Crippen LogP contribution in [0.1, 0.15) is 25.0 Å². The van der Waals surface area contributed by atoms with Crippen molar-refractivity contribution in [1.82, 2.24) is 0 Å². The molecule has 28 heavy (non-hydrogen) atoms. The topological polar surface area (TPSA) is 26.3 Å². The van der Waals surface area contributed by atoms with Gasteiger partial charge in [0.15, 0.2) is 0 Å². The molecule has 2 unspecified atom stereocenters. The second-order valence-corrected chi connectivity index (χ2v) is 7.25. The van der Waals surface area contributed by atoms with Crippen LogP contribution in [0.4, 0.5) is 35.1 Å². The molecular weight excluding hydrogens is 424 g/mol. The molecule has 1 fully saturated rings. The number of ether oxygens (including phenoxy) is 1. The lowest BCUT2D eigenvalue weighted by molar-refractivity contribution is -0.147. The van der Waals surface area contributed by atoms with Gasteiger partial charge >= 0.3 is 18.3 Å². The summed E-state index contributed by atoms with van der Waals surface area (Å²) >= 11 is 5.15. The molecule has 0 amide bonds. The van der Waals surface area contributed by atoms with Crippen LogP contribution in [-0.4, -0.2) is 12.1 Å². The van der Waals surface area contributed by atoms with E-state index in [9.17, 15) is 39.9 Å². The molecule has 0 aliphatic heterocycles. The van der Waals surface area contributed by atoms with E-state index >= 15 is 0 Å². The molecular formula is C17H13ClF8O2. The maximum absolute atomic E-state index is 13.9. The van der Waals surface area contributed by atoms with Gasteiger partial charge in [0.25, 0.3) is 0 Å². The zero-order chi connectivity index (χ0) is 21.7. The molecule has 0 saturated heterocycles. The van der Waals surface area contributed by atoms with Crippen LogP contribution >= 0.6 is 11.6 Å². The van der Waals surface area contributed by atoms with E-state index in [1.54, 1.807) is 0 Å². The van der Waals surface area contributed by atoms with E-state index in [1.165, 1.54) is 13.8 Å². The Hall–Kier alpha value is -1.84. The predicted molar refractivity (Wildman–Crippen MR) is 81.9 cm³/mol. The fourth-order valence-corrected chi connectivity index (χ4v) is 3.03. The highest BCUT2D eigenvalue weighted by molar-refractivity contribution is 6.30. The summed E-state index contributed by atoms with van der Waals surface area (Å²) in [7, 11) is 0. The van der Waals surface area contributed by atoms with Crippen LogP contribution in [0, 0.1) is 28.9 Å². The van der Waals surface area contributed by atoms with Crippen molar-refractivity contribution >= 4 is 17.6 Å². The summed E-state index contributed by atoms with van der Waals surface area (Å²) in [6.45, 7) is 2.01. The molecule has 1 aliphatic rings. The lowest BCUT2D eigenvalue weighted by Gasteiger charge is -2.13. The smallest absolute Gasteiger partial charge is 0.426 e. The zero-order valence-corrected chi connectivity index (χ0v) is 15.1. The Morgan fingerprint density at radius 1 is 1.18 bits per heavy atom. The second kappa shape index (κ2) is 7.20. The third-order valence-electron chi connectivity index (χ3n) is 4.59. The molecule has 1 saturated carbocycles. The van der Waals surface area contributed by atoms with Gasteiger partial charge in [-0.15, -0.1) is 0 Å². The van der Waals surface area contributed by atoms with Gasteiger partial charge in [-0.2, -0.15) is 26.3 Å². The van der Waals surface area contributed by atoms with Gasteiger partial charge in [-0.3, -0.25) is 4.79 Å². The van der Waals surface area contributed by atoms with Crippen molar-refractivity contribution in [3.63, 3.8) is 0 Å². The van der Waals surface area contributed by atoms with E-state index in [0.717, 1.165) is 0 Å². The molecule has 0 bridgehead atoms. The van der Waals surface area contributed by atoms with Crippen LogP contribution < -0.4 is 0 Å². The molecule has 2 rings (SSSR count). The number of benzene rings is 1. The number of esters is 1. The molecule has 0 aromatic heterocycles. The van der Waals surface area contributed by atoms with Crippen LogP contribution in [0.5, 0.6) is 0 Å². The lowest BCUT2D eigenvalue weighted by Crippen LogP contribution is -2.15. The van der Waals surface area contributed by atoms with Gasteiger partial charge in [-0.05, 0) is 23.5 Å². The van der Waals surface area contributed by atoms with Crippen LogP contribution in [0.3, 0.4) is 0 Å². The van der Waals surface area contributed by atoms with Crippen LogP contribution in [0.2, 0.25) is 0 Å². The van der Waals surface area contributed by atoms with Gasteiger partial charge in [0.1, 0.15) is 28.8 Å². The Morgan fingerprint density at radius 3 is 2.25 bits per heavy atom. The summed E-state index contributed by atoms with van der Waals surface area (Å²) in [6.07, 6.45) is -9.43. The summed E-state index contributed by atoms with van der Waals surface area (Å²) in [5, 5.41) is -1.42. The Bertz CT molecular complexity index is 811. The number of hydrogen-bond acceptors (Lipinski definition) is 2. The van der Waals surface area contributed by atoms with Gasteiger partial charge in [-0.25, -0.2) is 8.78 Å². The molecule has 0 N–H and O–H groups in total. The Balaban J connectivity index is 2.14. The number of allylic oxidation sites excluding steroid dienone is 2. The average molecular weight is 437 g/mol. The third kappa shape index (κ3) is 4.42. The fourth-order valence-electron chi connectivity index (χ4n) is 2.90. The number of carbonyl (C=O) groups is 1. The molecule has 11 heteroatoms. The monoisotopic (exact) mass is 436 g/mol. The first kappa shape index (κ1) is 22.4. The minimum Gasteiger partial charge on any atom is -0.460 e. The predicted octanol–water partition coefficient (Wildman–Crippen LogP) is 5.98. The molecule has 1 aromatic rings. The molecule has 0 spiro atoms. The summed E-state index contributed by atoms with van der Waals surface area (Å²) < 4.78 is 108. The van der Waals surface area contributed by atoms with Gasteiger partial charge in [-0.1, -0.05) is 31.5 Å². The van der Waals surface area contributed by atoms with Crippen molar-refractivity contribution in [1.29, 1.82) is 0 Å². The Labute approximate surface area is 159 Å². The summed E-state index contributed by atoms with van der Waals surface area (Å²) in [5.74, 6) is -6.75. The van der Waals surface area contributed by atoms with E-state index in [2.05, 4.69) is 0 Å². The van der Waals surface area contributed by atoms with Gasteiger partial charge in [0.05, 0.1) is 5.92 Å². The maximum atomic E-state index is 13.9. The van der Waals surface area contributed by atoms with E-state index < -0.39 is 70.0 Å². The van der Waals surface area contributed by atoms with Crippen molar-refractivity contribution in [2.75, 3.05) is 0 Å². The third-order valence-corrected chi connectivity index (χ3v) is 4.93. The number of rotatable bonds is 4. The van der Waals surface area contributed by atoms with E-state index in [4.69, 9.17) is 16.3 Å². The van der Waals surface area contributed by atoms with Crippen molar-refractivity contribution in [2.45, 2.75) is 32.8 Å². The molecule has 1 aliphatic carbocycles. The van der Waals surface area contributed by atoms with Crippen LogP contribution in [-0.2, 0) is 22.3 Å². The van der Waals surface area contributed by atoms with E-state index in [-0.39, 0.29) is 0 Å². The molecule has 0 radical (unpaired) electrons. The van der Waals surface area contributed by atoms with Crippen LogP contribution in [0.15, 0.2) is 23.2 Å².